The molecule has 0 radical (unpaired) electrons. The molecule has 1 aromatic heterocycles. The summed E-state index contributed by atoms with van der Waals surface area (Å²) in [5.41, 5.74) is 3.16. The fourth-order valence-corrected chi connectivity index (χ4v) is 3.98. The van der Waals surface area contributed by atoms with E-state index >= 15 is 0 Å². The number of amides is 2. The number of anilines is 1. The summed E-state index contributed by atoms with van der Waals surface area (Å²) in [5, 5.41) is 7.09. The molecule has 160 valence electrons. The average Bonchev–Trinajstić information content (AvgIpc) is 3.24. The molecule has 4 rings (SSSR count). The second-order valence-electron chi connectivity index (χ2n) is 7.65. The summed E-state index contributed by atoms with van der Waals surface area (Å²) >= 11 is 0. The van der Waals surface area contributed by atoms with E-state index in [0.29, 0.717) is 24.3 Å². The summed E-state index contributed by atoms with van der Waals surface area (Å²) in [5.74, 6) is 0.446. The largest absolute Gasteiger partial charge is 0.497 e. The Bertz CT molecular complexity index is 1090. The van der Waals surface area contributed by atoms with Crippen LogP contribution in [0.4, 0.5) is 5.69 Å². The summed E-state index contributed by atoms with van der Waals surface area (Å²) < 4.78 is 6.86. The lowest BCUT2D eigenvalue weighted by Crippen LogP contribution is -2.50. The van der Waals surface area contributed by atoms with Crippen LogP contribution in [0.5, 0.6) is 5.75 Å². The molecule has 1 aliphatic rings. The van der Waals surface area contributed by atoms with Crippen LogP contribution in [0.15, 0.2) is 60.8 Å². The van der Waals surface area contributed by atoms with Crippen LogP contribution in [0.3, 0.4) is 0 Å². The molecule has 7 heteroatoms. The molecule has 31 heavy (non-hydrogen) atoms. The van der Waals surface area contributed by atoms with Crippen LogP contribution in [0.2, 0.25) is 0 Å². The van der Waals surface area contributed by atoms with Gasteiger partial charge in [0, 0.05) is 25.5 Å². The molecule has 1 fully saturated rings. The van der Waals surface area contributed by atoms with Crippen LogP contribution in [0.25, 0.3) is 11.1 Å². The van der Waals surface area contributed by atoms with Crippen molar-refractivity contribution in [3.05, 3.63) is 66.5 Å². The molecule has 0 aliphatic carbocycles. The number of nitrogens with zero attached hydrogens (tertiary/aromatic N) is 3. The number of benzene rings is 2. The van der Waals surface area contributed by atoms with Gasteiger partial charge in [0.15, 0.2) is 0 Å². The summed E-state index contributed by atoms with van der Waals surface area (Å²) in [6, 6.07) is 16.7. The van der Waals surface area contributed by atoms with Crippen LogP contribution < -0.4 is 10.1 Å². The van der Waals surface area contributed by atoms with E-state index in [0.717, 1.165) is 29.7 Å². The van der Waals surface area contributed by atoms with Crippen molar-refractivity contribution in [2.24, 2.45) is 7.05 Å². The molecule has 1 atom stereocenters. The van der Waals surface area contributed by atoms with Crippen LogP contribution in [0, 0.1) is 0 Å². The Hall–Kier alpha value is -3.61. The van der Waals surface area contributed by atoms with Gasteiger partial charge in [-0.1, -0.05) is 24.3 Å². The lowest BCUT2D eigenvalue weighted by atomic mass is 10.00. The second kappa shape index (κ2) is 9.04. The average molecular weight is 418 g/mol. The van der Waals surface area contributed by atoms with E-state index in [1.807, 2.05) is 48.5 Å². The Kier molecular flexibility index (Phi) is 6.02. The number of carbonyl (C=O) groups is 2. The predicted molar refractivity (Wildman–Crippen MR) is 119 cm³/mol. The number of aryl methyl sites for hydroxylation is 1. The maximum atomic E-state index is 13.1. The number of methoxy groups -OCH3 is 1. The third kappa shape index (κ3) is 4.45. The van der Waals surface area contributed by atoms with Gasteiger partial charge in [-0.25, -0.2) is 0 Å². The number of ether oxygens (including phenoxy) is 1. The zero-order valence-corrected chi connectivity index (χ0v) is 17.7. The molecule has 0 bridgehead atoms. The minimum absolute atomic E-state index is 0.162. The lowest BCUT2D eigenvalue weighted by Gasteiger charge is -2.34. The molecular weight excluding hydrogens is 392 g/mol. The molecule has 2 amide bonds. The normalized spacial score (nSPS) is 16.1. The highest BCUT2D eigenvalue weighted by molar-refractivity contribution is 6.00. The zero-order valence-electron chi connectivity index (χ0n) is 17.7. The Labute approximate surface area is 181 Å². The van der Waals surface area contributed by atoms with Crippen molar-refractivity contribution in [3.8, 4) is 16.9 Å². The monoisotopic (exact) mass is 418 g/mol. The third-order valence-electron chi connectivity index (χ3n) is 5.64. The van der Waals surface area contributed by atoms with Crippen molar-refractivity contribution in [2.45, 2.75) is 25.3 Å². The molecule has 2 aromatic carbocycles. The first kappa shape index (κ1) is 20.7. The third-order valence-corrected chi connectivity index (χ3v) is 5.64. The van der Waals surface area contributed by atoms with Crippen LogP contribution in [0.1, 0.15) is 29.8 Å². The predicted octanol–water partition coefficient (Wildman–Crippen LogP) is 3.73. The topological polar surface area (TPSA) is 76.5 Å². The number of hydrogen-bond acceptors (Lipinski definition) is 4. The number of carbonyl (C=O) groups excluding carboxylic acids is 2. The molecule has 0 saturated carbocycles. The van der Waals surface area contributed by atoms with Gasteiger partial charge in [0.05, 0.1) is 7.11 Å². The van der Waals surface area contributed by atoms with Crippen molar-refractivity contribution in [3.63, 3.8) is 0 Å². The first-order chi connectivity index (χ1) is 15.1. The number of piperidine rings is 1. The molecule has 7 nitrogen and oxygen atoms in total. The summed E-state index contributed by atoms with van der Waals surface area (Å²) in [6.45, 7) is 0.561. The van der Waals surface area contributed by atoms with Gasteiger partial charge in [-0.15, -0.1) is 0 Å². The second-order valence-corrected chi connectivity index (χ2v) is 7.65. The molecule has 1 N–H and O–H groups in total. The number of aromatic nitrogens is 2. The Morgan fingerprint density at radius 1 is 1.06 bits per heavy atom. The van der Waals surface area contributed by atoms with E-state index in [9.17, 15) is 9.59 Å². The zero-order chi connectivity index (χ0) is 21.8. The van der Waals surface area contributed by atoms with Gasteiger partial charge in [0.25, 0.3) is 5.91 Å². The summed E-state index contributed by atoms with van der Waals surface area (Å²) in [6.07, 6.45) is 4.04. The quantitative estimate of drug-likeness (QED) is 0.685. The van der Waals surface area contributed by atoms with Crippen LogP contribution in [-0.4, -0.2) is 46.2 Å². The van der Waals surface area contributed by atoms with E-state index in [1.54, 1.807) is 36.0 Å². The fourth-order valence-electron chi connectivity index (χ4n) is 3.98. The van der Waals surface area contributed by atoms with Crippen molar-refractivity contribution < 1.29 is 14.3 Å². The van der Waals surface area contributed by atoms with Crippen LogP contribution in [-0.2, 0) is 11.8 Å². The van der Waals surface area contributed by atoms with Gasteiger partial charge in [-0.2, -0.15) is 5.10 Å². The fraction of sp³-hybridized carbons (Fsp3) is 0.292. The summed E-state index contributed by atoms with van der Waals surface area (Å²) in [7, 11) is 3.37. The van der Waals surface area contributed by atoms with E-state index in [4.69, 9.17) is 4.74 Å². The van der Waals surface area contributed by atoms with E-state index < -0.39 is 6.04 Å². The van der Waals surface area contributed by atoms with Crippen LogP contribution >= 0.6 is 0 Å². The van der Waals surface area contributed by atoms with Gasteiger partial charge >= 0.3 is 0 Å². The molecule has 1 unspecified atom stereocenters. The molecule has 1 aliphatic heterocycles. The Morgan fingerprint density at radius 3 is 2.58 bits per heavy atom. The number of likely N-dealkylation sites (tertiary alicyclic amines) is 1. The lowest BCUT2D eigenvalue weighted by molar-refractivity contribution is -0.121. The molecule has 0 spiro atoms. The van der Waals surface area contributed by atoms with Gasteiger partial charge in [0.1, 0.15) is 17.5 Å². The van der Waals surface area contributed by atoms with Gasteiger partial charge in [-0.3, -0.25) is 14.3 Å². The smallest absolute Gasteiger partial charge is 0.272 e. The highest BCUT2D eigenvalue weighted by atomic mass is 16.5. The van der Waals surface area contributed by atoms with E-state index in [-0.39, 0.29) is 11.8 Å². The number of nitrogens with one attached hydrogen (secondary N) is 1. The van der Waals surface area contributed by atoms with Crippen molar-refractivity contribution >= 4 is 17.5 Å². The maximum Gasteiger partial charge on any atom is 0.272 e. The number of hydrogen-bond donors (Lipinski definition) is 1. The van der Waals surface area contributed by atoms with Gasteiger partial charge in [-0.05, 0) is 60.7 Å². The molecule has 2 heterocycles. The van der Waals surface area contributed by atoms with E-state index in [2.05, 4.69) is 10.4 Å². The number of rotatable bonds is 5. The molecule has 3 aromatic rings. The van der Waals surface area contributed by atoms with Crippen molar-refractivity contribution in [1.29, 1.82) is 0 Å². The SMILES string of the molecule is COc1cccc(-c2cccc(NC(=O)C3CCCCN3C(=O)c3ccnn3C)c2)c1. The van der Waals surface area contributed by atoms with Crippen molar-refractivity contribution in [1.82, 2.24) is 14.7 Å². The molecular formula is C24H26N4O3. The summed E-state index contributed by atoms with van der Waals surface area (Å²) in [4.78, 5) is 27.8. The highest BCUT2D eigenvalue weighted by Gasteiger charge is 2.33. The first-order valence-electron chi connectivity index (χ1n) is 10.4. The Morgan fingerprint density at radius 2 is 1.84 bits per heavy atom. The highest BCUT2D eigenvalue weighted by Crippen LogP contribution is 2.27. The standard InChI is InChI=1S/C24H26N4O3/c1-27-22(12-13-25-27)24(30)28-14-4-3-11-21(28)23(29)26-19-9-5-7-17(15-19)18-8-6-10-20(16-18)31-2/h5-10,12-13,15-16,21H,3-4,11,14H2,1-2H3,(H,26,29). The Balaban J connectivity index is 1.53. The first-order valence-corrected chi connectivity index (χ1v) is 10.4. The minimum atomic E-state index is -0.503. The van der Waals surface area contributed by atoms with Gasteiger partial charge < -0.3 is 15.0 Å². The molecule has 1 saturated heterocycles. The maximum absolute atomic E-state index is 13.1. The van der Waals surface area contributed by atoms with Crippen molar-refractivity contribution in [2.75, 3.05) is 19.0 Å². The minimum Gasteiger partial charge on any atom is -0.497 e. The van der Waals surface area contributed by atoms with E-state index in [1.165, 1.54) is 0 Å². The van der Waals surface area contributed by atoms with Gasteiger partial charge in [0.2, 0.25) is 5.91 Å².